The predicted octanol–water partition coefficient (Wildman–Crippen LogP) is 3.22. The molecule has 1 fully saturated rings. The van der Waals surface area contributed by atoms with Gasteiger partial charge in [0.1, 0.15) is 22.6 Å². The first-order chi connectivity index (χ1) is 19.3. The molecular weight excluding hydrogens is 587 g/mol. The van der Waals surface area contributed by atoms with Crippen LogP contribution >= 0.6 is 34.3 Å². The summed E-state index contributed by atoms with van der Waals surface area (Å²) in [5.74, 6) is 0.464. The summed E-state index contributed by atoms with van der Waals surface area (Å²) in [6.07, 6.45) is -0.965. The first-order valence-corrected chi connectivity index (χ1v) is 14.2. The zero-order valence-corrected chi connectivity index (χ0v) is 23.4. The van der Waals surface area contributed by atoms with Gasteiger partial charge >= 0.3 is 6.09 Å². The number of nitrogens with one attached hydrogen (secondary N) is 1. The summed E-state index contributed by atoms with van der Waals surface area (Å²) in [6, 6.07) is 2.42. The van der Waals surface area contributed by atoms with Crippen molar-refractivity contribution in [1.29, 1.82) is 0 Å². The van der Waals surface area contributed by atoms with Crippen molar-refractivity contribution in [2.24, 2.45) is 0 Å². The molecule has 0 saturated carbocycles. The van der Waals surface area contributed by atoms with E-state index in [1.807, 2.05) is 11.8 Å². The number of nitrogens with zero attached hydrogens (tertiary/aromatic N) is 7. The highest BCUT2D eigenvalue weighted by atomic mass is 35.5. The molecule has 17 heteroatoms. The Labute approximate surface area is 239 Å². The van der Waals surface area contributed by atoms with Crippen LogP contribution in [-0.4, -0.2) is 86.0 Å². The molecule has 2 N–H and O–H groups in total. The molecule has 2 aliphatic heterocycles. The quantitative estimate of drug-likeness (QED) is 0.313. The Hall–Kier alpha value is -3.60. The van der Waals surface area contributed by atoms with Crippen LogP contribution in [0.2, 0.25) is 5.15 Å². The summed E-state index contributed by atoms with van der Waals surface area (Å²) < 4.78 is 28.0. The minimum atomic E-state index is -1.38. The lowest BCUT2D eigenvalue weighted by molar-refractivity contribution is -0.135. The molecule has 40 heavy (non-hydrogen) atoms. The third kappa shape index (κ3) is 5.02. The third-order valence-electron chi connectivity index (χ3n) is 6.46. The molecule has 6 rings (SSSR count). The number of rotatable bonds is 6. The number of carbonyl (C=O) groups is 2. The molecule has 0 spiro atoms. The number of hydrogen-bond acceptors (Lipinski definition) is 11. The lowest BCUT2D eigenvalue weighted by atomic mass is 10.00. The summed E-state index contributed by atoms with van der Waals surface area (Å²) in [7, 11) is 0. The first-order valence-electron chi connectivity index (χ1n) is 12.2. The fourth-order valence-corrected chi connectivity index (χ4v) is 6.43. The number of pyridine rings is 1. The lowest BCUT2D eigenvalue weighted by Gasteiger charge is -2.34. The normalized spacial score (nSPS) is 17.2. The molecule has 2 amide bonds. The van der Waals surface area contributed by atoms with Gasteiger partial charge in [-0.15, -0.1) is 0 Å². The standard InChI is InChI=1S/C23H22ClFN8O5S2/c1-11-30-33-17-12(26-22(33)39-11)4-5-32(18(17)16-20(25)40-21(28-16)29-23(35)36)15(34)10-38-13-2-3-14(27-19(13)24)31-6-8-37-9-7-31/h2-3,18H,4-10H2,1H3,(H,28,29)(H,35,36). The number of hydrogen-bond donors (Lipinski definition) is 2. The Morgan fingerprint density at radius 3 is 2.77 bits per heavy atom. The fourth-order valence-electron chi connectivity index (χ4n) is 4.75. The Bertz CT molecular complexity index is 1600. The molecule has 1 unspecified atom stereocenters. The Morgan fingerprint density at radius 2 is 2.02 bits per heavy atom. The minimum absolute atomic E-state index is 0.106. The predicted molar refractivity (Wildman–Crippen MR) is 144 cm³/mol. The SMILES string of the molecule is Cc1nn2c3c(nc2s1)CCN(C(=O)COc1ccc(N2CCOCC2)nc1Cl)C3c1nc(NC(=O)O)sc1F. The number of carboxylic acid groups (broad SMARTS) is 1. The highest BCUT2D eigenvalue weighted by molar-refractivity contribution is 7.16. The number of morpholine rings is 1. The second-order valence-corrected chi connectivity index (χ2v) is 11.4. The average molecular weight is 609 g/mol. The van der Waals surface area contributed by atoms with Gasteiger partial charge in [-0.25, -0.2) is 24.3 Å². The van der Waals surface area contributed by atoms with Gasteiger partial charge in [-0.2, -0.15) is 9.49 Å². The third-order valence-corrected chi connectivity index (χ3v) is 8.33. The van der Waals surface area contributed by atoms with E-state index in [1.54, 1.807) is 16.6 Å². The highest BCUT2D eigenvalue weighted by Gasteiger charge is 2.40. The van der Waals surface area contributed by atoms with Crippen LogP contribution in [0.5, 0.6) is 5.75 Å². The molecule has 13 nitrogen and oxygen atoms in total. The van der Waals surface area contributed by atoms with Gasteiger partial charge in [-0.1, -0.05) is 34.3 Å². The van der Waals surface area contributed by atoms with Gasteiger partial charge < -0.3 is 24.4 Å². The number of fused-ring (bicyclic) bond motifs is 3. The maximum Gasteiger partial charge on any atom is 0.410 e. The molecule has 4 aromatic heterocycles. The van der Waals surface area contributed by atoms with Crippen LogP contribution in [-0.2, 0) is 16.0 Å². The van der Waals surface area contributed by atoms with E-state index in [0.29, 0.717) is 66.2 Å². The van der Waals surface area contributed by atoms with Crippen molar-refractivity contribution in [3.63, 3.8) is 0 Å². The summed E-state index contributed by atoms with van der Waals surface area (Å²) in [4.78, 5) is 42.0. The number of ether oxygens (including phenoxy) is 2. The molecule has 6 heterocycles. The molecule has 1 atom stereocenters. The van der Waals surface area contributed by atoms with E-state index in [2.05, 4.69) is 25.4 Å². The van der Waals surface area contributed by atoms with Crippen LogP contribution in [0.15, 0.2) is 12.1 Å². The number of amides is 2. The highest BCUT2D eigenvalue weighted by Crippen LogP contribution is 2.39. The van der Waals surface area contributed by atoms with Crippen molar-refractivity contribution in [3.8, 4) is 5.75 Å². The molecule has 0 bridgehead atoms. The number of thiazole rings is 1. The van der Waals surface area contributed by atoms with Crippen LogP contribution in [0, 0.1) is 12.1 Å². The first kappa shape index (κ1) is 26.6. The molecule has 1 saturated heterocycles. The number of aromatic nitrogens is 5. The van der Waals surface area contributed by atoms with Gasteiger partial charge in [0.25, 0.3) is 5.91 Å². The second kappa shape index (κ2) is 10.8. The molecular formula is C23H22ClFN8O5S2. The van der Waals surface area contributed by atoms with Crippen LogP contribution < -0.4 is 15.0 Å². The van der Waals surface area contributed by atoms with Crippen molar-refractivity contribution in [2.45, 2.75) is 19.4 Å². The monoisotopic (exact) mass is 608 g/mol. The van der Waals surface area contributed by atoms with Crippen molar-refractivity contribution in [3.05, 3.63) is 44.5 Å². The van der Waals surface area contributed by atoms with Crippen molar-refractivity contribution < 1.29 is 28.6 Å². The van der Waals surface area contributed by atoms with E-state index < -0.39 is 29.8 Å². The van der Waals surface area contributed by atoms with E-state index in [1.165, 1.54) is 16.2 Å². The van der Waals surface area contributed by atoms with Crippen LogP contribution in [0.25, 0.3) is 4.96 Å². The van der Waals surface area contributed by atoms with Crippen molar-refractivity contribution >= 4 is 62.2 Å². The molecule has 2 aliphatic rings. The van der Waals surface area contributed by atoms with E-state index >= 15 is 4.39 Å². The van der Waals surface area contributed by atoms with Crippen LogP contribution in [0.1, 0.15) is 28.1 Å². The average Bonchev–Trinajstić information content (AvgIpc) is 3.58. The van der Waals surface area contributed by atoms with Gasteiger partial charge in [0.2, 0.25) is 10.1 Å². The Morgan fingerprint density at radius 1 is 1.23 bits per heavy atom. The van der Waals surface area contributed by atoms with Gasteiger partial charge in [-0.3, -0.25) is 10.1 Å². The number of halogens is 2. The number of anilines is 2. The molecule has 0 radical (unpaired) electrons. The number of aryl methyl sites for hydroxylation is 1. The maximum absolute atomic E-state index is 15.3. The summed E-state index contributed by atoms with van der Waals surface area (Å²) >= 11 is 8.29. The maximum atomic E-state index is 15.3. The van der Waals surface area contributed by atoms with E-state index in [9.17, 15) is 9.59 Å². The molecule has 0 aliphatic carbocycles. The largest absolute Gasteiger partial charge is 0.481 e. The van der Waals surface area contributed by atoms with Crippen molar-refractivity contribution in [1.82, 2.24) is 29.5 Å². The zero-order valence-electron chi connectivity index (χ0n) is 21.0. The molecule has 4 aromatic rings. The van der Waals surface area contributed by atoms with Crippen LogP contribution in [0.3, 0.4) is 0 Å². The van der Waals surface area contributed by atoms with Gasteiger partial charge in [-0.05, 0) is 19.1 Å². The van der Waals surface area contributed by atoms with Crippen molar-refractivity contribution in [2.75, 3.05) is 49.7 Å². The Balaban J connectivity index is 1.28. The summed E-state index contributed by atoms with van der Waals surface area (Å²) in [5, 5.41) is 15.6. The Kier molecular flexibility index (Phi) is 7.16. The topological polar surface area (TPSA) is 147 Å². The number of imidazole rings is 1. The molecule has 0 aromatic carbocycles. The minimum Gasteiger partial charge on any atom is -0.481 e. The number of carbonyl (C=O) groups excluding carboxylic acids is 1. The zero-order chi connectivity index (χ0) is 28.0. The van der Waals surface area contributed by atoms with Crippen LogP contribution in [0.4, 0.5) is 20.1 Å². The van der Waals surface area contributed by atoms with E-state index in [-0.39, 0.29) is 28.3 Å². The smallest absolute Gasteiger partial charge is 0.410 e. The summed E-state index contributed by atoms with van der Waals surface area (Å²) in [6.45, 7) is 4.22. The molecule has 210 valence electrons. The fraction of sp³-hybridized carbons (Fsp3) is 0.391. The summed E-state index contributed by atoms with van der Waals surface area (Å²) in [5.41, 5.74) is 1.06. The van der Waals surface area contributed by atoms with Gasteiger partial charge in [0.15, 0.2) is 22.6 Å². The second-order valence-electron chi connectivity index (χ2n) is 8.95. The van der Waals surface area contributed by atoms with Gasteiger partial charge in [0.05, 0.1) is 24.6 Å². The van der Waals surface area contributed by atoms with E-state index in [0.717, 1.165) is 5.01 Å². The van der Waals surface area contributed by atoms with E-state index in [4.69, 9.17) is 26.2 Å². The lowest BCUT2D eigenvalue weighted by Crippen LogP contribution is -2.43. The van der Waals surface area contributed by atoms with Gasteiger partial charge in [0, 0.05) is 26.1 Å².